The zero-order valence-electron chi connectivity index (χ0n) is 22.1. The molecule has 3 aromatic heterocycles. The third-order valence-electron chi connectivity index (χ3n) is 5.66. The number of carbonyl (C=O) groups is 2. The molecule has 1 saturated heterocycles. The van der Waals surface area contributed by atoms with E-state index in [1.165, 1.54) is 0 Å². The molecule has 1 aliphatic rings. The summed E-state index contributed by atoms with van der Waals surface area (Å²) in [5, 5.41) is 7.07. The molecule has 0 bridgehead atoms. The summed E-state index contributed by atoms with van der Waals surface area (Å²) in [5.74, 6) is 1.10. The maximum Gasteiger partial charge on any atom is 0.274 e. The van der Waals surface area contributed by atoms with Crippen molar-refractivity contribution >= 4 is 36.5 Å². The summed E-state index contributed by atoms with van der Waals surface area (Å²) in [7, 11) is 1.71. The van der Waals surface area contributed by atoms with Crippen LogP contribution in [0.3, 0.4) is 0 Å². The number of nitrogens with zero attached hydrogens (tertiary/aromatic N) is 5. The van der Waals surface area contributed by atoms with E-state index in [1.807, 2.05) is 74.6 Å². The van der Waals surface area contributed by atoms with Gasteiger partial charge in [-0.25, -0.2) is 4.98 Å². The number of aromatic nitrogens is 4. The van der Waals surface area contributed by atoms with Gasteiger partial charge in [-0.3, -0.25) is 18.3 Å². The average Bonchev–Trinajstić information content (AvgIpc) is 3.51. The van der Waals surface area contributed by atoms with E-state index in [0.717, 1.165) is 29.9 Å². The zero-order chi connectivity index (χ0) is 27.9. The number of rotatable bonds is 4. The lowest BCUT2D eigenvalue weighted by molar-refractivity contribution is -0.106. The number of ether oxygens (including phenoxy) is 1. The second kappa shape index (κ2) is 12.7. The third-order valence-corrected chi connectivity index (χ3v) is 5.99. The van der Waals surface area contributed by atoms with Gasteiger partial charge in [-0.2, -0.15) is 4.98 Å². The highest BCUT2D eigenvalue weighted by Gasteiger charge is 2.31. The number of fused-ring (bicyclic) bond motifs is 1. The van der Waals surface area contributed by atoms with E-state index in [-0.39, 0.29) is 23.8 Å². The van der Waals surface area contributed by atoms with Crippen LogP contribution in [-0.4, -0.2) is 61.9 Å². The molecule has 1 aromatic carbocycles. The number of aryl methyl sites for hydroxylation is 1. The molecule has 12 heteroatoms. The second-order valence-electron chi connectivity index (χ2n) is 9.53. The lowest BCUT2D eigenvalue weighted by Crippen LogP contribution is -2.38. The predicted octanol–water partition coefficient (Wildman–Crippen LogP) is 3.72. The van der Waals surface area contributed by atoms with Gasteiger partial charge in [-0.05, 0) is 51.5 Å². The molecule has 202 valence electrons. The van der Waals surface area contributed by atoms with Crippen LogP contribution in [0.5, 0.6) is 0 Å². The fourth-order valence-electron chi connectivity index (χ4n) is 3.31. The van der Waals surface area contributed by atoms with Crippen molar-refractivity contribution in [2.45, 2.75) is 39.2 Å². The fourth-order valence-corrected chi connectivity index (χ4v) is 3.71. The molecule has 0 aliphatic carbocycles. The quantitative estimate of drug-likeness (QED) is 0.263. The minimum absolute atomic E-state index is 0.0417. The first-order valence-electron chi connectivity index (χ1n) is 11.9. The van der Waals surface area contributed by atoms with Crippen LogP contribution < -0.4 is 11.1 Å². The highest BCUT2D eigenvalue weighted by atomic mass is 32.1. The van der Waals surface area contributed by atoms with Gasteiger partial charge in [-0.1, -0.05) is 36.2 Å². The Balaban J connectivity index is 0.000000388. The van der Waals surface area contributed by atoms with E-state index >= 15 is 0 Å². The summed E-state index contributed by atoms with van der Waals surface area (Å²) in [6, 6.07) is 11.3. The number of nitrogens with two attached hydrogens (primary N) is 1. The molecule has 3 N–H and O–H groups in total. The monoisotopic (exact) mass is 539 g/mol. The maximum atomic E-state index is 12.8. The molecule has 4 heterocycles. The molecular weight excluding hydrogens is 506 g/mol. The first-order chi connectivity index (χ1) is 18.1. The fraction of sp³-hybridized carbons (Fsp3) is 0.346. The minimum Gasteiger partial charge on any atom is -0.379 e. The molecule has 2 amide bonds. The maximum absolute atomic E-state index is 12.8. The van der Waals surface area contributed by atoms with Crippen molar-refractivity contribution < 1.29 is 18.8 Å². The zero-order valence-corrected chi connectivity index (χ0v) is 23.0. The Morgan fingerprint density at radius 3 is 2.58 bits per heavy atom. The third kappa shape index (κ3) is 7.40. The van der Waals surface area contributed by atoms with Gasteiger partial charge < -0.3 is 20.3 Å². The molecule has 1 fully saturated rings. The van der Waals surface area contributed by atoms with E-state index in [2.05, 4.69) is 39.0 Å². The molecule has 0 atom stereocenters. The van der Waals surface area contributed by atoms with Crippen molar-refractivity contribution in [3.05, 3.63) is 65.9 Å². The van der Waals surface area contributed by atoms with E-state index in [4.69, 9.17) is 14.1 Å². The average molecular weight is 540 g/mol. The van der Waals surface area contributed by atoms with Crippen LogP contribution >= 0.6 is 12.8 Å². The summed E-state index contributed by atoms with van der Waals surface area (Å²) in [5.41, 5.74) is 7.80. The van der Waals surface area contributed by atoms with Crippen molar-refractivity contribution in [1.82, 2.24) is 23.8 Å². The summed E-state index contributed by atoms with van der Waals surface area (Å²) in [4.78, 5) is 30.2. The van der Waals surface area contributed by atoms with E-state index in [9.17, 15) is 4.79 Å². The smallest absolute Gasteiger partial charge is 0.274 e. The summed E-state index contributed by atoms with van der Waals surface area (Å²) in [6.07, 6.45) is 3.63. The van der Waals surface area contributed by atoms with E-state index in [0.29, 0.717) is 23.1 Å². The number of methoxy groups -OCH3 is 1. The van der Waals surface area contributed by atoms with Crippen molar-refractivity contribution in [3.63, 3.8) is 0 Å². The van der Waals surface area contributed by atoms with E-state index < -0.39 is 0 Å². The Kier molecular flexibility index (Phi) is 9.61. The Morgan fingerprint density at radius 1 is 1.26 bits per heavy atom. The number of anilines is 1. The van der Waals surface area contributed by atoms with Gasteiger partial charge in [0.1, 0.15) is 11.3 Å². The number of imidazole rings is 1. The van der Waals surface area contributed by atoms with Gasteiger partial charge in [0.05, 0.1) is 17.7 Å². The topological polar surface area (TPSA) is 141 Å². The summed E-state index contributed by atoms with van der Waals surface area (Å²) >= 11 is 4.27. The van der Waals surface area contributed by atoms with E-state index in [1.54, 1.807) is 17.7 Å². The molecule has 11 nitrogen and oxygen atoms in total. The molecule has 0 unspecified atom stereocenters. The highest BCUT2D eigenvalue weighted by molar-refractivity contribution is 7.77. The van der Waals surface area contributed by atoms with Crippen molar-refractivity contribution in [3.8, 4) is 11.4 Å². The number of hydrogen-bond acceptors (Lipinski definition) is 9. The van der Waals surface area contributed by atoms with Gasteiger partial charge in [0.25, 0.3) is 5.91 Å². The van der Waals surface area contributed by atoms with Crippen LogP contribution in [0.25, 0.3) is 17.0 Å². The van der Waals surface area contributed by atoms with Crippen LogP contribution in [-0.2, 0) is 9.53 Å². The molecule has 38 heavy (non-hydrogen) atoms. The highest BCUT2D eigenvalue weighted by Crippen LogP contribution is 2.29. The lowest BCUT2D eigenvalue weighted by Gasteiger charge is -2.31. The van der Waals surface area contributed by atoms with Crippen LogP contribution in [0.15, 0.2) is 53.3 Å². The van der Waals surface area contributed by atoms with Crippen molar-refractivity contribution in [2.24, 2.45) is 5.73 Å². The molecule has 0 spiro atoms. The van der Waals surface area contributed by atoms with Crippen LogP contribution in [0.1, 0.15) is 48.6 Å². The normalized spacial score (nSPS) is 13.5. The summed E-state index contributed by atoms with van der Waals surface area (Å²) < 4.78 is 14.0. The molecule has 0 radical (unpaired) electrons. The Labute approximate surface area is 226 Å². The van der Waals surface area contributed by atoms with Gasteiger partial charge in [0.2, 0.25) is 18.1 Å². The number of thiol groups is 1. The SMILES string of the molecule is COC(C)(C)C.Cc1ccc(-c2noc(C3CN(S)C3)n2)cc1NC(=O)c1cnc2ccccn12.NC=O. The summed E-state index contributed by atoms with van der Waals surface area (Å²) in [6.45, 7) is 9.58. The molecular formula is C26H33N7O4S. The number of amides is 2. The molecule has 5 rings (SSSR count). The van der Waals surface area contributed by atoms with Gasteiger partial charge >= 0.3 is 0 Å². The minimum atomic E-state index is -0.235. The number of carbonyl (C=O) groups excluding carboxylic acids is 2. The number of benzene rings is 1. The Bertz CT molecular complexity index is 1370. The molecule has 1 aliphatic heterocycles. The number of nitrogens with one attached hydrogen (secondary N) is 1. The molecule has 0 saturated carbocycles. The first-order valence-corrected chi connectivity index (χ1v) is 12.3. The van der Waals surface area contributed by atoms with Crippen molar-refractivity contribution in [2.75, 3.05) is 25.5 Å². The largest absolute Gasteiger partial charge is 0.379 e. The Hall–Kier alpha value is -3.74. The standard InChI is InChI=1S/C20H18N6O2S.C5H12O.CH3NO/c1-12-5-6-13(18-23-20(28-24-18)14-10-25(29)11-14)8-15(12)22-19(27)16-9-21-17-4-2-3-7-26(16)17;1-5(2,3)6-4;2-1-3/h2-9,14,29H,10-11H2,1H3,(H,22,27);1-4H3;1H,(H2,2,3). The van der Waals surface area contributed by atoms with Crippen LogP contribution in [0, 0.1) is 6.92 Å². The second-order valence-corrected chi connectivity index (χ2v) is 10.1. The lowest BCUT2D eigenvalue weighted by atomic mass is 10.0. The van der Waals surface area contributed by atoms with Gasteiger partial charge in [0.15, 0.2) is 0 Å². The predicted molar refractivity (Wildman–Crippen MR) is 148 cm³/mol. The van der Waals surface area contributed by atoms with Crippen molar-refractivity contribution in [1.29, 1.82) is 0 Å². The van der Waals surface area contributed by atoms with Crippen LogP contribution in [0.4, 0.5) is 5.69 Å². The molecule has 4 aromatic rings. The number of pyridine rings is 1. The van der Waals surface area contributed by atoms with Gasteiger partial charge in [0, 0.05) is 37.6 Å². The number of primary amides is 1. The van der Waals surface area contributed by atoms with Gasteiger partial charge in [-0.15, -0.1) is 0 Å². The first kappa shape index (κ1) is 28.8. The number of hydrogen-bond donors (Lipinski definition) is 3. The Morgan fingerprint density at radius 2 is 1.95 bits per heavy atom. The van der Waals surface area contributed by atoms with Crippen LogP contribution in [0.2, 0.25) is 0 Å².